The molecule has 0 atom stereocenters. The van der Waals surface area contributed by atoms with Crippen LogP contribution in [-0.4, -0.2) is 7.48 Å². The Morgan fingerprint density at radius 3 is 2.65 bits per heavy atom. The summed E-state index contributed by atoms with van der Waals surface area (Å²) in [7, 11) is 1.62. The van der Waals surface area contributed by atoms with Crippen LogP contribution in [0.1, 0.15) is 5.56 Å². The van der Waals surface area contributed by atoms with Crippen LogP contribution in [0.4, 0.5) is 5.69 Å². The van der Waals surface area contributed by atoms with Crippen molar-refractivity contribution in [2.45, 2.75) is 6.92 Å². The number of rotatable bonds is 3. The van der Waals surface area contributed by atoms with Crippen molar-refractivity contribution in [2.75, 3.05) is 5.73 Å². The van der Waals surface area contributed by atoms with Gasteiger partial charge in [0.2, 0.25) is 0 Å². The van der Waals surface area contributed by atoms with Crippen molar-refractivity contribution in [2.24, 2.45) is 0 Å². The topological polar surface area (TPSA) is 35.2 Å². The van der Waals surface area contributed by atoms with Crippen molar-refractivity contribution in [3.8, 4) is 5.75 Å². The van der Waals surface area contributed by atoms with Crippen molar-refractivity contribution < 1.29 is 4.65 Å². The molecule has 0 aliphatic rings. The maximum atomic E-state index is 6.01. The summed E-state index contributed by atoms with van der Waals surface area (Å²) >= 11 is 6.01. The molecule has 2 nitrogen and oxygen atoms in total. The van der Waals surface area contributed by atoms with Gasteiger partial charge in [0, 0.05) is 10.7 Å². The van der Waals surface area contributed by atoms with Gasteiger partial charge in [-0.05, 0) is 36.1 Å². The average Bonchev–Trinajstić information content (AvgIpc) is 2.32. The van der Waals surface area contributed by atoms with Crippen molar-refractivity contribution in [1.29, 1.82) is 0 Å². The van der Waals surface area contributed by atoms with Gasteiger partial charge in [-0.1, -0.05) is 35.9 Å². The van der Waals surface area contributed by atoms with Crippen molar-refractivity contribution in [3.05, 3.63) is 53.1 Å². The quantitative estimate of drug-likeness (QED) is 0.665. The van der Waals surface area contributed by atoms with Gasteiger partial charge >= 0.3 is 7.48 Å². The van der Waals surface area contributed by atoms with E-state index in [1.807, 2.05) is 43.3 Å². The van der Waals surface area contributed by atoms with Gasteiger partial charge in [-0.2, -0.15) is 0 Å². The molecule has 0 heterocycles. The number of anilines is 1. The predicted molar refractivity (Wildman–Crippen MR) is 73.1 cm³/mol. The van der Waals surface area contributed by atoms with Gasteiger partial charge in [-0.25, -0.2) is 0 Å². The van der Waals surface area contributed by atoms with E-state index in [1.54, 1.807) is 13.5 Å². The standard InChI is InChI=1S/C13H12BClNO/c1-9-6-7-10(8-12(9)15)17-14-11-4-2-3-5-13(11)16/h2-8H,16H2,1H3. The first-order chi connectivity index (χ1) is 8.16. The summed E-state index contributed by atoms with van der Waals surface area (Å²) in [5.74, 6) is 0.698. The Labute approximate surface area is 107 Å². The number of para-hydroxylation sites is 1. The molecule has 0 spiro atoms. The molecule has 0 amide bonds. The van der Waals surface area contributed by atoms with E-state index in [0.717, 1.165) is 11.0 Å². The zero-order chi connectivity index (χ0) is 12.3. The average molecular weight is 245 g/mol. The van der Waals surface area contributed by atoms with E-state index in [-0.39, 0.29) is 0 Å². The molecule has 0 aliphatic heterocycles. The molecule has 0 saturated heterocycles. The van der Waals surface area contributed by atoms with Crippen LogP contribution >= 0.6 is 11.6 Å². The second kappa shape index (κ2) is 5.15. The summed E-state index contributed by atoms with van der Waals surface area (Å²) in [4.78, 5) is 0. The van der Waals surface area contributed by atoms with E-state index in [9.17, 15) is 0 Å². The number of hydrogen-bond acceptors (Lipinski definition) is 2. The second-order valence-electron chi connectivity index (χ2n) is 3.78. The molecule has 2 rings (SSSR count). The van der Waals surface area contributed by atoms with Crippen LogP contribution in [-0.2, 0) is 0 Å². The highest BCUT2D eigenvalue weighted by Crippen LogP contribution is 2.21. The first-order valence-corrected chi connectivity index (χ1v) is 5.65. The highest BCUT2D eigenvalue weighted by molar-refractivity contribution is 6.50. The van der Waals surface area contributed by atoms with Crippen molar-refractivity contribution in [1.82, 2.24) is 0 Å². The van der Waals surface area contributed by atoms with Crippen LogP contribution in [0.3, 0.4) is 0 Å². The molecular weight excluding hydrogens is 232 g/mol. The Bertz CT molecular complexity index is 531. The number of nitrogens with two attached hydrogens (primary N) is 1. The summed E-state index contributed by atoms with van der Waals surface area (Å²) in [6.07, 6.45) is 0. The number of halogens is 1. The van der Waals surface area contributed by atoms with Crippen LogP contribution in [0.25, 0.3) is 0 Å². The number of hydrogen-bond donors (Lipinski definition) is 1. The molecule has 0 saturated carbocycles. The van der Waals surface area contributed by atoms with Gasteiger partial charge < -0.3 is 10.4 Å². The minimum atomic E-state index is 0.686. The third-order valence-corrected chi connectivity index (χ3v) is 2.87. The summed E-state index contributed by atoms with van der Waals surface area (Å²) in [5.41, 5.74) is 8.36. The minimum absolute atomic E-state index is 0.686. The molecule has 0 aromatic heterocycles. The highest BCUT2D eigenvalue weighted by atomic mass is 35.5. The van der Waals surface area contributed by atoms with Crippen LogP contribution in [0.2, 0.25) is 5.02 Å². The molecular formula is C13H12BClNO. The first kappa shape index (κ1) is 11.9. The lowest BCUT2D eigenvalue weighted by atomic mass is 9.86. The zero-order valence-corrected chi connectivity index (χ0v) is 10.2. The van der Waals surface area contributed by atoms with Gasteiger partial charge in [0.05, 0.1) is 0 Å². The molecule has 0 unspecified atom stereocenters. The molecule has 4 heteroatoms. The maximum absolute atomic E-state index is 6.01. The number of aryl methyl sites for hydroxylation is 1. The van der Waals surface area contributed by atoms with Crippen LogP contribution in [0, 0.1) is 6.92 Å². The molecule has 0 fully saturated rings. The van der Waals surface area contributed by atoms with E-state index < -0.39 is 0 Å². The fourth-order valence-corrected chi connectivity index (χ4v) is 1.57. The van der Waals surface area contributed by atoms with E-state index in [1.165, 1.54) is 0 Å². The molecule has 17 heavy (non-hydrogen) atoms. The molecule has 2 N–H and O–H groups in total. The summed E-state index contributed by atoms with van der Waals surface area (Å²) in [6, 6.07) is 13.1. The Kier molecular flexibility index (Phi) is 3.60. The van der Waals surface area contributed by atoms with Crippen LogP contribution in [0.15, 0.2) is 42.5 Å². The van der Waals surface area contributed by atoms with Gasteiger partial charge in [-0.3, -0.25) is 0 Å². The fraction of sp³-hybridized carbons (Fsp3) is 0.0769. The van der Waals surface area contributed by atoms with Gasteiger partial charge in [0.25, 0.3) is 0 Å². The summed E-state index contributed by atoms with van der Waals surface area (Å²) in [6.45, 7) is 1.95. The van der Waals surface area contributed by atoms with Gasteiger partial charge in [0.15, 0.2) is 0 Å². The lowest BCUT2D eigenvalue weighted by molar-refractivity contribution is 0.605. The second-order valence-corrected chi connectivity index (χ2v) is 4.18. The monoisotopic (exact) mass is 244 g/mol. The van der Waals surface area contributed by atoms with Crippen LogP contribution < -0.4 is 15.9 Å². The normalized spacial score (nSPS) is 10.0. The third-order valence-electron chi connectivity index (χ3n) is 2.46. The summed E-state index contributed by atoms with van der Waals surface area (Å²) in [5, 5.41) is 0.692. The van der Waals surface area contributed by atoms with E-state index >= 15 is 0 Å². The smallest absolute Gasteiger partial charge is 0.410 e. The van der Waals surface area contributed by atoms with Crippen LogP contribution in [0.5, 0.6) is 5.75 Å². The Balaban J connectivity index is 2.08. The largest absolute Gasteiger partial charge is 0.558 e. The third kappa shape index (κ3) is 2.95. The lowest BCUT2D eigenvalue weighted by Gasteiger charge is -2.08. The van der Waals surface area contributed by atoms with Crippen molar-refractivity contribution >= 4 is 30.2 Å². The Morgan fingerprint density at radius 2 is 1.94 bits per heavy atom. The molecule has 0 bridgehead atoms. The van der Waals surface area contributed by atoms with E-state index in [2.05, 4.69) is 0 Å². The zero-order valence-electron chi connectivity index (χ0n) is 9.48. The van der Waals surface area contributed by atoms with E-state index in [0.29, 0.717) is 16.5 Å². The van der Waals surface area contributed by atoms with Crippen molar-refractivity contribution in [3.63, 3.8) is 0 Å². The first-order valence-electron chi connectivity index (χ1n) is 5.27. The highest BCUT2D eigenvalue weighted by Gasteiger charge is 2.04. The molecule has 0 aliphatic carbocycles. The Morgan fingerprint density at radius 1 is 1.18 bits per heavy atom. The van der Waals surface area contributed by atoms with E-state index in [4.69, 9.17) is 22.0 Å². The molecule has 2 aromatic carbocycles. The number of nitrogen functional groups attached to an aromatic ring is 1. The molecule has 85 valence electrons. The number of benzene rings is 2. The lowest BCUT2D eigenvalue weighted by Crippen LogP contribution is -2.23. The minimum Gasteiger partial charge on any atom is -0.558 e. The van der Waals surface area contributed by atoms with Gasteiger partial charge in [0.1, 0.15) is 5.75 Å². The summed E-state index contributed by atoms with van der Waals surface area (Å²) < 4.78 is 5.52. The SMILES string of the molecule is Cc1ccc(O[B]c2ccccc2N)cc1Cl. The maximum Gasteiger partial charge on any atom is 0.410 e. The Hall–Kier alpha value is -1.61. The fourth-order valence-electron chi connectivity index (χ4n) is 1.40. The molecule has 2 aromatic rings. The van der Waals surface area contributed by atoms with Gasteiger partial charge in [-0.15, -0.1) is 0 Å². The predicted octanol–water partition coefficient (Wildman–Crippen LogP) is 2.55. The molecule has 1 radical (unpaired) electrons.